The van der Waals surface area contributed by atoms with Crippen LogP contribution in [0.2, 0.25) is 0 Å². The molecule has 2 bridgehead atoms. The molecular weight excluding hydrogens is 198 g/mol. The van der Waals surface area contributed by atoms with Gasteiger partial charge in [0.25, 0.3) is 0 Å². The summed E-state index contributed by atoms with van der Waals surface area (Å²) in [4.78, 5) is 0. The van der Waals surface area contributed by atoms with E-state index >= 15 is 0 Å². The zero-order valence-corrected chi connectivity index (χ0v) is 10.6. The van der Waals surface area contributed by atoms with E-state index in [0.717, 1.165) is 6.04 Å². The van der Waals surface area contributed by atoms with Crippen molar-refractivity contribution in [1.29, 1.82) is 0 Å². The first-order valence-corrected chi connectivity index (χ1v) is 7.23. The van der Waals surface area contributed by atoms with Crippen molar-refractivity contribution >= 4 is 0 Å². The van der Waals surface area contributed by atoms with Gasteiger partial charge in [-0.15, -0.1) is 0 Å². The fraction of sp³-hybridized carbons (Fsp3) is 1.00. The molecule has 3 fully saturated rings. The molecular formula is C14H26NO+. The van der Waals surface area contributed by atoms with Crippen LogP contribution in [0.15, 0.2) is 0 Å². The van der Waals surface area contributed by atoms with E-state index in [2.05, 4.69) is 7.05 Å². The summed E-state index contributed by atoms with van der Waals surface area (Å²) in [5.74, 6) is 1.28. The highest BCUT2D eigenvalue weighted by Crippen LogP contribution is 2.46. The van der Waals surface area contributed by atoms with Gasteiger partial charge in [0.1, 0.15) is 0 Å². The third-order valence-electron chi connectivity index (χ3n) is 5.76. The number of quaternary nitrogens is 1. The number of piperidine rings is 1. The molecule has 1 N–H and O–H groups in total. The molecule has 4 atom stereocenters. The van der Waals surface area contributed by atoms with E-state index in [1.807, 2.05) is 0 Å². The zero-order valence-electron chi connectivity index (χ0n) is 10.6. The lowest BCUT2D eigenvalue weighted by Gasteiger charge is -2.49. The molecule has 2 saturated carbocycles. The van der Waals surface area contributed by atoms with Crippen LogP contribution in [0.1, 0.15) is 44.9 Å². The lowest BCUT2D eigenvalue weighted by atomic mass is 9.80. The molecule has 1 heterocycles. The molecule has 2 nitrogen and oxygen atoms in total. The smallest absolute Gasteiger partial charge is 0.0941 e. The third kappa shape index (κ3) is 1.62. The minimum atomic E-state index is 0.0376. The zero-order chi connectivity index (χ0) is 11.2. The van der Waals surface area contributed by atoms with Crippen molar-refractivity contribution in [2.24, 2.45) is 11.8 Å². The highest BCUT2D eigenvalue weighted by atomic mass is 16.3. The van der Waals surface area contributed by atoms with Crippen LogP contribution in [0.3, 0.4) is 0 Å². The van der Waals surface area contributed by atoms with Gasteiger partial charge in [0.05, 0.1) is 32.3 Å². The summed E-state index contributed by atoms with van der Waals surface area (Å²) in [7, 11) is 2.45. The molecule has 0 aromatic heterocycles. The van der Waals surface area contributed by atoms with Crippen LogP contribution < -0.4 is 0 Å². The van der Waals surface area contributed by atoms with Crippen molar-refractivity contribution in [2.45, 2.75) is 57.1 Å². The molecule has 3 rings (SSSR count). The van der Waals surface area contributed by atoms with E-state index in [4.69, 9.17) is 0 Å². The minimum Gasteiger partial charge on any atom is -0.392 e. The van der Waals surface area contributed by atoms with Crippen LogP contribution in [-0.2, 0) is 0 Å². The Labute approximate surface area is 99.2 Å². The van der Waals surface area contributed by atoms with Gasteiger partial charge in [0.2, 0.25) is 0 Å². The van der Waals surface area contributed by atoms with Gasteiger partial charge in [0.15, 0.2) is 0 Å². The third-order valence-corrected chi connectivity index (χ3v) is 5.76. The molecule has 1 saturated heterocycles. The molecule has 0 spiro atoms. The Kier molecular flexibility index (Phi) is 2.75. The van der Waals surface area contributed by atoms with Gasteiger partial charge in [-0.05, 0) is 44.4 Å². The first-order chi connectivity index (χ1) is 7.71. The largest absolute Gasteiger partial charge is 0.392 e. The normalized spacial score (nSPS) is 46.9. The first kappa shape index (κ1) is 11.0. The predicted molar refractivity (Wildman–Crippen MR) is 65.0 cm³/mol. The van der Waals surface area contributed by atoms with E-state index < -0.39 is 0 Å². The van der Waals surface area contributed by atoms with Gasteiger partial charge < -0.3 is 9.59 Å². The number of likely N-dealkylation sites (tertiary alicyclic amines) is 1. The lowest BCUT2D eigenvalue weighted by molar-refractivity contribution is -0.942. The van der Waals surface area contributed by atoms with Crippen LogP contribution in [0, 0.1) is 11.8 Å². The van der Waals surface area contributed by atoms with Gasteiger partial charge in [0, 0.05) is 12.3 Å². The van der Waals surface area contributed by atoms with Gasteiger partial charge in [-0.2, -0.15) is 0 Å². The Morgan fingerprint density at radius 1 is 0.938 bits per heavy atom. The van der Waals surface area contributed by atoms with E-state index in [1.165, 1.54) is 62.5 Å². The van der Waals surface area contributed by atoms with E-state index in [0.29, 0.717) is 11.8 Å². The molecule has 92 valence electrons. The standard InChI is InChI=1S/C14H26NO/c1-15(9-3-2-4-10-15)13-8-6-11-5-7-12(13)14(11)16/h11-14,16H,2-10H2,1H3/q+1/t11-,12-,13+,14+/m1/s1. The molecule has 16 heavy (non-hydrogen) atoms. The van der Waals surface area contributed by atoms with Gasteiger partial charge in [-0.25, -0.2) is 0 Å². The molecule has 3 aliphatic rings. The minimum absolute atomic E-state index is 0.0376. The van der Waals surface area contributed by atoms with Crippen molar-refractivity contribution in [3.63, 3.8) is 0 Å². The number of aliphatic hydroxyl groups is 1. The highest BCUT2D eigenvalue weighted by molar-refractivity contribution is 4.94. The Hall–Kier alpha value is -0.0800. The molecule has 0 unspecified atom stereocenters. The highest BCUT2D eigenvalue weighted by Gasteiger charge is 2.50. The van der Waals surface area contributed by atoms with Crippen LogP contribution in [0.25, 0.3) is 0 Å². The number of rotatable bonds is 1. The summed E-state index contributed by atoms with van der Waals surface area (Å²) >= 11 is 0. The topological polar surface area (TPSA) is 20.2 Å². The maximum Gasteiger partial charge on any atom is 0.0941 e. The average molecular weight is 224 g/mol. The molecule has 2 aliphatic carbocycles. The number of aliphatic hydroxyl groups excluding tert-OH is 1. The maximum absolute atomic E-state index is 10.3. The van der Waals surface area contributed by atoms with Gasteiger partial charge in [-0.1, -0.05) is 0 Å². The van der Waals surface area contributed by atoms with Crippen molar-refractivity contribution in [3.8, 4) is 0 Å². The molecule has 0 amide bonds. The van der Waals surface area contributed by atoms with E-state index in [1.54, 1.807) is 0 Å². The van der Waals surface area contributed by atoms with Crippen molar-refractivity contribution in [3.05, 3.63) is 0 Å². The summed E-state index contributed by atoms with van der Waals surface area (Å²) in [5.41, 5.74) is 0. The summed E-state index contributed by atoms with van der Waals surface area (Å²) in [5, 5.41) is 10.3. The number of hydrogen-bond acceptors (Lipinski definition) is 1. The molecule has 0 aromatic rings. The van der Waals surface area contributed by atoms with Crippen molar-refractivity contribution in [1.82, 2.24) is 0 Å². The summed E-state index contributed by atoms with van der Waals surface area (Å²) in [6, 6.07) is 0.772. The summed E-state index contributed by atoms with van der Waals surface area (Å²) in [6.07, 6.45) is 9.52. The fourth-order valence-corrected chi connectivity index (χ4v) is 4.77. The quantitative estimate of drug-likeness (QED) is 0.677. The number of hydrogen-bond donors (Lipinski definition) is 1. The first-order valence-electron chi connectivity index (χ1n) is 7.23. The predicted octanol–water partition coefficient (Wildman–Crippen LogP) is 2.17. The van der Waals surface area contributed by atoms with Crippen LogP contribution in [0.5, 0.6) is 0 Å². The summed E-state index contributed by atoms with van der Waals surface area (Å²) in [6.45, 7) is 2.72. The molecule has 2 heteroatoms. The monoisotopic (exact) mass is 224 g/mol. The van der Waals surface area contributed by atoms with E-state index in [9.17, 15) is 5.11 Å². The van der Waals surface area contributed by atoms with E-state index in [-0.39, 0.29) is 6.10 Å². The SMILES string of the molecule is C[N+]1([C@H]2CC[C@H]3CC[C@H]2[C@H]3O)CCCCC1. The van der Waals surface area contributed by atoms with Crippen LogP contribution in [-0.4, -0.2) is 41.9 Å². The molecule has 1 aliphatic heterocycles. The van der Waals surface area contributed by atoms with Crippen molar-refractivity contribution in [2.75, 3.05) is 20.1 Å². The average Bonchev–Trinajstić information content (AvgIpc) is 2.53. The second-order valence-electron chi connectivity index (χ2n) is 6.62. The Balaban J connectivity index is 1.78. The Bertz CT molecular complexity index is 259. The van der Waals surface area contributed by atoms with Crippen molar-refractivity contribution < 1.29 is 9.59 Å². The number of nitrogens with zero attached hydrogens (tertiary/aromatic N) is 1. The number of fused-ring (bicyclic) bond motifs is 2. The second-order valence-corrected chi connectivity index (χ2v) is 6.62. The lowest BCUT2D eigenvalue weighted by Crippen LogP contribution is -2.60. The van der Waals surface area contributed by atoms with Gasteiger partial charge >= 0.3 is 0 Å². The fourth-order valence-electron chi connectivity index (χ4n) is 4.77. The Morgan fingerprint density at radius 3 is 2.38 bits per heavy atom. The van der Waals surface area contributed by atoms with Crippen LogP contribution in [0.4, 0.5) is 0 Å². The Morgan fingerprint density at radius 2 is 1.62 bits per heavy atom. The maximum atomic E-state index is 10.3. The molecule has 0 radical (unpaired) electrons. The molecule has 0 aromatic carbocycles. The van der Waals surface area contributed by atoms with Gasteiger partial charge in [-0.3, -0.25) is 0 Å². The van der Waals surface area contributed by atoms with Crippen LogP contribution >= 0.6 is 0 Å². The summed E-state index contributed by atoms with van der Waals surface area (Å²) < 4.78 is 1.27. The second kappa shape index (κ2) is 3.99.